The lowest BCUT2D eigenvalue weighted by Crippen LogP contribution is -1.96. The van der Waals surface area contributed by atoms with E-state index in [4.69, 9.17) is 0 Å². The summed E-state index contributed by atoms with van der Waals surface area (Å²) in [6, 6.07) is 4.81. The van der Waals surface area contributed by atoms with Gasteiger partial charge in [0.2, 0.25) is 0 Å². The molecule has 0 N–H and O–H groups in total. The number of aromatic nitrogens is 3. The maximum atomic E-state index is 13.1. The Hall–Kier alpha value is -1.71. The van der Waals surface area contributed by atoms with Crippen molar-refractivity contribution >= 4 is 0 Å². The Morgan fingerprint density at radius 2 is 2.13 bits per heavy atom. The first-order valence-corrected chi connectivity index (χ1v) is 4.88. The van der Waals surface area contributed by atoms with Crippen molar-refractivity contribution in [2.24, 2.45) is 0 Å². The summed E-state index contributed by atoms with van der Waals surface area (Å²) in [7, 11) is 0. The van der Waals surface area contributed by atoms with E-state index in [1.807, 2.05) is 26.1 Å². The highest BCUT2D eigenvalue weighted by Gasteiger charge is 2.03. The number of halogens is 1. The fraction of sp³-hybridized carbons (Fsp3) is 0.273. The molecule has 2 aromatic rings. The summed E-state index contributed by atoms with van der Waals surface area (Å²) in [5.41, 5.74) is 2.48. The quantitative estimate of drug-likeness (QED) is 0.753. The monoisotopic (exact) mass is 205 g/mol. The summed E-state index contributed by atoms with van der Waals surface area (Å²) in [5, 5.41) is 7.90. The van der Waals surface area contributed by atoms with Crippen LogP contribution in [0.2, 0.25) is 0 Å². The Bertz CT molecular complexity index is 456. The maximum absolute atomic E-state index is 13.1. The van der Waals surface area contributed by atoms with E-state index < -0.39 is 0 Å². The predicted octanol–water partition coefficient (Wildman–Crippen LogP) is 2.28. The van der Waals surface area contributed by atoms with Gasteiger partial charge in [-0.25, -0.2) is 9.07 Å². The lowest BCUT2D eigenvalue weighted by molar-refractivity contribution is 0.623. The van der Waals surface area contributed by atoms with Gasteiger partial charge in [-0.05, 0) is 37.1 Å². The van der Waals surface area contributed by atoms with Gasteiger partial charge in [-0.2, -0.15) is 0 Å². The van der Waals surface area contributed by atoms with Crippen molar-refractivity contribution in [3.05, 3.63) is 41.5 Å². The topological polar surface area (TPSA) is 30.7 Å². The number of benzene rings is 1. The number of aryl methyl sites for hydroxylation is 2. The molecule has 4 heteroatoms. The zero-order chi connectivity index (χ0) is 10.8. The highest BCUT2D eigenvalue weighted by atomic mass is 19.1. The summed E-state index contributed by atoms with van der Waals surface area (Å²) in [5.74, 6) is -0.251. The molecule has 0 fully saturated rings. The van der Waals surface area contributed by atoms with Gasteiger partial charge in [0.1, 0.15) is 5.82 Å². The molecule has 0 aliphatic rings. The molecule has 0 amide bonds. The lowest BCUT2D eigenvalue weighted by Gasteiger charge is -2.01. The van der Waals surface area contributed by atoms with Crippen molar-refractivity contribution < 1.29 is 4.39 Å². The first kappa shape index (κ1) is 9.83. The Morgan fingerprint density at radius 1 is 1.33 bits per heavy atom. The molecule has 78 valence electrons. The minimum absolute atomic E-state index is 0.251. The molecule has 3 nitrogen and oxygen atoms in total. The minimum Gasteiger partial charge on any atom is -0.220 e. The third kappa shape index (κ3) is 2.03. The molecule has 0 atom stereocenters. The van der Waals surface area contributed by atoms with Crippen LogP contribution in [-0.4, -0.2) is 15.0 Å². The van der Waals surface area contributed by atoms with Gasteiger partial charge in [0, 0.05) is 0 Å². The molecule has 0 saturated carbocycles. The molecule has 0 unspecified atom stereocenters. The van der Waals surface area contributed by atoms with Crippen LogP contribution in [-0.2, 0) is 6.42 Å². The fourth-order valence-electron chi connectivity index (χ4n) is 1.44. The van der Waals surface area contributed by atoms with Gasteiger partial charge in [0.05, 0.1) is 17.6 Å². The van der Waals surface area contributed by atoms with Crippen molar-refractivity contribution in [1.29, 1.82) is 0 Å². The molecule has 1 heterocycles. The average molecular weight is 205 g/mol. The minimum atomic E-state index is -0.251. The molecule has 1 aromatic carbocycles. The summed E-state index contributed by atoms with van der Waals surface area (Å²) in [4.78, 5) is 0. The molecule has 1 aromatic heterocycles. The molecule has 0 aliphatic heterocycles. The molecule has 0 bridgehead atoms. The zero-order valence-electron chi connectivity index (χ0n) is 8.74. The number of rotatable bonds is 2. The first-order chi connectivity index (χ1) is 7.19. The Labute approximate surface area is 87.5 Å². The van der Waals surface area contributed by atoms with E-state index in [1.165, 1.54) is 12.1 Å². The number of hydrogen-bond acceptors (Lipinski definition) is 2. The van der Waals surface area contributed by atoms with Crippen LogP contribution in [0.4, 0.5) is 4.39 Å². The Kier molecular flexibility index (Phi) is 2.49. The van der Waals surface area contributed by atoms with Crippen LogP contribution in [0.3, 0.4) is 0 Å². The maximum Gasteiger partial charge on any atom is 0.125 e. The molecule has 0 spiro atoms. The van der Waals surface area contributed by atoms with E-state index in [0.717, 1.165) is 17.7 Å². The van der Waals surface area contributed by atoms with E-state index in [1.54, 1.807) is 4.68 Å². The van der Waals surface area contributed by atoms with Crippen LogP contribution in [0.25, 0.3) is 5.69 Å². The zero-order valence-corrected chi connectivity index (χ0v) is 8.74. The standard InChI is InChI=1S/C11H12FN3/c1-3-10-7-15(14-13-10)11-5-8(2)4-9(12)6-11/h4-7H,3H2,1-2H3. The molecule has 0 aliphatic carbocycles. The fourth-order valence-corrected chi connectivity index (χ4v) is 1.44. The average Bonchev–Trinajstić information content (AvgIpc) is 2.64. The van der Waals surface area contributed by atoms with Gasteiger partial charge in [-0.15, -0.1) is 5.10 Å². The second-order valence-electron chi connectivity index (χ2n) is 3.49. The molecule has 0 saturated heterocycles. The second kappa shape index (κ2) is 3.81. The van der Waals surface area contributed by atoms with Gasteiger partial charge in [0.15, 0.2) is 0 Å². The largest absolute Gasteiger partial charge is 0.220 e. The smallest absolute Gasteiger partial charge is 0.125 e. The van der Waals surface area contributed by atoms with Gasteiger partial charge in [-0.1, -0.05) is 12.1 Å². The van der Waals surface area contributed by atoms with Gasteiger partial charge in [-0.3, -0.25) is 0 Å². The first-order valence-electron chi connectivity index (χ1n) is 4.88. The van der Waals surface area contributed by atoms with Crippen LogP contribution in [0, 0.1) is 12.7 Å². The summed E-state index contributed by atoms with van der Waals surface area (Å²) < 4.78 is 14.7. The summed E-state index contributed by atoms with van der Waals surface area (Å²) >= 11 is 0. The van der Waals surface area contributed by atoms with Gasteiger partial charge >= 0.3 is 0 Å². The second-order valence-corrected chi connectivity index (χ2v) is 3.49. The van der Waals surface area contributed by atoms with E-state index in [-0.39, 0.29) is 5.82 Å². The van der Waals surface area contributed by atoms with Crippen molar-refractivity contribution in [3.63, 3.8) is 0 Å². The van der Waals surface area contributed by atoms with Crippen LogP contribution >= 0.6 is 0 Å². The van der Waals surface area contributed by atoms with Crippen molar-refractivity contribution in [2.45, 2.75) is 20.3 Å². The molecule has 2 rings (SSSR count). The van der Waals surface area contributed by atoms with Gasteiger partial charge < -0.3 is 0 Å². The van der Waals surface area contributed by atoms with E-state index >= 15 is 0 Å². The summed E-state index contributed by atoms with van der Waals surface area (Å²) in [6.07, 6.45) is 2.64. The SMILES string of the molecule is CCc1cn(-c2cc(C)cc(F)c2)nn1. The van der Waals surface area contributed by atoms with Crippen LogP contribution < -0.4 is 0 Å². The van der Waals surface area contributed by atoms with Crippen LogP contribution in [0.15, 0.2) is 24.4 Å². The number of nitrogens with zero attached hydrogens (tertiary/aromatic N) is 3. The van der Waals surface area contributed by atoms with Gasteiger partial charge in [0.25, 0.3) is 0 Å². The Balaban J connectivity index is 2.44. The molecular weight excluding hydrogens is 193 g/mol. The van der Waals surface area contributed by atoms with Crippen molar-refractivity contribution in [3.8, 4) is 5.69 Å². The Morgan fingerprint density at radius 3 is 2.73 bits per heavy atom. The lowest BCUT2D eigenvalue weighted by atomic mass is 10.2. The third-order valence-corrected chi connectivity index (χ3v) is 2.19. The normalized spacial score (nSPS) is 10.6. The van der Waals surface area contributed by atoms with Crippen LogP contribution in [0.1, 0.15) is 18.2 Å². The van der Waals surface area contributed by atoms with E-state index in [2.05, 4.69) is 10.3 Å². The highest BCUT2D eigenvalue weighted by Crippen LogP contribution is 2.12. The predicted molar refractivity (Wildman–Crippen MR) is 55.4 cm³/mol. The molecule has 0 radical (unpaired) electrons. The molecular formula is C11H12FN3. The third-order valence-electron chi connectivity index (χ3n) is 2.19. The van der Waals surface area contributed by atoms with E-state index in [9.17, 15) is 4.39 Å². The number of hydrogen-bond donors (Lipinski definition) is 0. The van der Waals surface area contributed by atoms with E-state index in [0.29, 0.717) is 5.69 Å². The highest BCUT2D eigenvalue weighted by molar-refractivity contribution is 5.35. The summed E-state index contributed by atoms with van der Waals surface area (Å²) in [6.45, 7) is 3.86. The van der Waals surface area contributed by atoms with Crippen molar-refractivity contribution in [2.75, 3.05) is 0 Å². The molecule has 15 heavy (non-hydrogen) atoms. The van der Waals surface area contributed by atoms with Crippen molar-refractivity contribution in [1.82, 2.24) is 15.0 Å². The van der Waals surface area contributed by atoms with Crippen LogP contribution in [0.5, 0.6) is 0 Å².